The van der Waals surface area contributed by atoms with E-state index in [1.54, 1.807) is 0 Å². The second kappa shape index (κ2) is 5.57. The number of benzene rings is 1. The fourth-order valence-corrected chi connectivity index (χ4v) is 1.61. The van der Waals surface area contributed by atoms with Crippen LogP contribution in [0.5, 0.6) is 5.75 Å². The molecule has 2 aromatic rings. The zero-order valence-corrected chi connectivity index (χ0v) is 11.3. The van der Waals surface area contributed by atoms with Gasteiger partial charge in [0.05, 0.1) is 4.92 Å². The van der Waals surface area contributed by atoms with Gasteiger partial charge in [-0.3, -0.25) is 20.0 Å². The van der Waals surface area contributed by atoms with Gasteiger partial charge in [0.1, 0.15) is 11.6 Å². The molecule has 0 spiro atoms. The summed E-state index contributed by atoms with van der Waals surface area (Å²) in [5, 5.41) is 29.1. The molecule has 0 unspecified atom stereocenters. The van der Waals surface area contributed by atoms with Gasteiger partial charge in [-0.05, 0) is 6.07 Å². The van der Waals surface area contributed by atoms with Crippen LogP contribution >= 0.6 is 0 Å². The molecule has 9 nitrogen and oxygen atoms in total. The number of nitro benzene ring substituents is 1. The Kier molecular flexibility index (Phi) is 3.83. The normalized spacial score (nSPS) is 10.6. The highest BCUT2D eigenvalue weighted by Crippen LogP contribution is 2.33. The fraction of sp³-hybridized carbons (Fsp3) is 0.250. The van der Waals surface area contributed by atoms with E-state index in [1.165, 1.54) is 18.2 Å². The number of para-hydroxylation sites is 1. The molecular weight excluding hydrogens is 278 g/mol. The molecule has 0 fully saturated rings. The van der Waals surface area contributed by atoms with E-state index in [4.69, 9.17) is 0 Å². The number of aromatic hydroxyl groups is 1. The van der Waals surface area contributed by atoms with E-state index in [9.17, 15) is 20.0 Å². The van der Waals surface area contributed by atoms with Crippen molar-refractivity contribution in [3.8, 4) is 5.75 Å². The van der Waals surface area contributed by atoms with Crippen molar-refractivity contribution >= 4 is 17.3 Å². The molecule has 0 atom stereocenters. The minimum atomic E-state index is -0.747. The summed E-state index contributed by atoms with van der Waals surface area (Å²) in [5.74, 6) is -0.735. The Bertz CT molecular complexity index is 695. The van der Waals surface area contributed by atoms with Gasteiger partial charge in [0.15, 0.2) is 5.69 Å². The third-order valence-electron chi connectivity index (χ3n) is 2.71. The predicted molar refractivity (Wildman–Crippen MR) is 73.2 cm³/mol. The van der Waals surface area contributed by atoms with E-state index in [2.05, 4.69) is 20.5 Å². The molecule has 0 aliphatic heterocycles. The minimum Gasteiger partial charge on any atom is -0.505 e. The van der Waals surface area contributed by atoms with Gasteiger partial charge in [0, 0.05) is 12.0 Å². The van der Waals surface area contributed by atoms with Crippen LogP contribution in [-0.4, -0.2) is 31.1 Å². The lowest BCUT2D eigenvalue weighted by Crippen LogP contribution is -2.15. The van der Waals surface area contributed by atoms with E-state index >= 15 is 0 Å². The molecule has 1 amide bonds. The number of carbonyl (C=O) groups excluding carboxylic acids is 1. The van der Waals surface area contributed by atoms with Gasteiger partial charge in [0.2, 0.25) is 5.82 Å². The molecule has 0 aliphatic rings. The number of carbonyl (C=O) groups is 1. The monoisotopic (exact) mass is 291 g/mol. The maximum absolute atomic E-state index is 12.0. The molecule has 0 radical (unpaired) electrons. The highest BCUT2D eigenvalue weighted by molar-refractivity contribution is 6.03. The molecule has 0 aliphatic carbocycles. The Morgan fingerprint density at radius 3 is 2.76 bits per heavy atom. The zero-order valence-electron chi connectivity index (χ0n) is 11.3. The predicted octanol–water partition coefficient (Wildman–Crippen LogP) is 1.79. The first-order valence-corrected chi connectivity index (χ1v) is 6.10. The zero-order chi connectivity index (χ0) is 15.6. The number of aromatic nitrogens is 3. The first kappa shape index (κ1) is 14.4. The summed E-state index contributed by atoms with van der Waals surface area (Å²) in [4.78, 5) is 26.2. The number of nitrogens with zero attached hydrogens (tertiary/aromatic N) is 3. The molecule has 0 saturated carbocycles. The van der Waals surface area contributed by atoms with Gasteiger partial charge in [-0.1, -0.05) is 19.9 Å². The molecule has 1 heterocycles. The van der Waals surface area contributed by atoms with Crippen molar-refractivity contribution < 1.29 is 14.8 Å². The summed E-state index contributed by atoms with van der Waals surface area (Å²) in [6, 6.07) is 3.72. The largest absolute Gasteiger partial charge is 0.505 e. The van der Waals surface area contributed by atoms with E-state index in [-0.39, 0.29) is 17.4 Å². The number of nitro groups is 1. The lowest BCUT2D eigenvalue weighted by molar-refractivity contribution is -0.384. The molecule has 1 aromatic carbocycles. The maximum atomic E-state index is 12.0. The van der Waals surface area contributed by atoms with Crippen LogP contribution in [0.4, 0.5) is 11.4 Å². The van der Waals surface area contributed by atoms with Gasteiger partial charge in [-0.15, -0.1) is 5.10 Å². The smallest absolute Gasteiger partial charge is 0.296 e. The van der Waals surface area contributed by atoms with E-state index in [0.717, 1.165) is 0 Å². The molecule has 2 rings (SSSR count). The Labute approximate surface area is 119 Å². The second-order valence-corrected chi connectivity index (χ2v) is 4.58. The van der Waals surface area contributed by atoms with Crippen molar-refractivity contribution in [2.45, 2.75) is 19.8 Å². The lowest BCUT2D eigenvalue weighted by atomic mass is 10.2. The molecule has 1 aromatic heterocycles. The van der Waals surface area contributed by atoms with Crippen LogP contribution in [0.25, 0.3) is 0 Å². The van der Waals surface area contributed by atoms with Crippen molar-refractivity contribution in [3.05, 3.63) is 40.0 Å². The number of nitrogens with one attached hydrogen (secondary N) is 2. The number of phenolic OH excluding ortho intramolecular Hbond substituents is 1. The standard InChI is InChI=1S/C12H13N5O4/c1-6(2)10-14-11(16-15-10)12(19)13-9-7(17(20)21)4-3-5-8(9)18/h3-6,18H,1-2H3,(H,13,19)(H,14,15,16). The van der Waals surface area contributed by atoms with Gasteiger partial charge >= 0.3 is 0 Å². The number of rotatable bonds is 4. The third kappa shape index (κ3) is 2.96. The molecule has 21 heavy (non-hydrogen) atoms. The van der Waals surface area contributed by atoms with E-state index in [0.29, 0.717) is 5.82 Å². The number of hydrogen-bond donors (Lipinski definition) is 3. The summed E-state index contributed by atoms with van der Waals surface area (Å²) in [6.45, 7) is 3.74. The molecule has 0 saturated heterocycles. The average Bonchev–Trinajstić information content (AvgIpc) is 2.90. The summed E-state index contributed by atoms with van der Waals surface area (Å²) < 4.78 is 0. The number of anilines is 1. The Hall–Kier alpha value is -2.97. The maximum Gasteiger partial charge on any atom is 0.296 e. The average molecular weight is 291 g/mol. The van der Waals surface area contributed by atoms with Crippen molar-refractivity contribution in [2.24, 2.45) is 0 Å². The van der Waals surface area contributed by atoms with Gasteiger partial charge < -0.3 is 10.4 Å². The van der Waals surface area contributed by atoms with Gasteiger partial charge in [0.25, 0.3) is 11.6 Å². The van der Waals surface area contributed by atoms with Crippen molar-refractivity contribution in [3.63, 3.8) is 0 Å². The van der Waals surface area contributed by atoms with Crippen LogP contribution < -0.4 is 5.32 Å². The van der Waals surface area contributed by atoms with Gasteiger partial charge in [-0.2, -0.15) is 0 Å². The lowest BCUT2D eigenvalue weighted by Gasteiger charge is -2.05. The van der Waals surface area contributed by atoms with Crippen LogP contribution in [0.2, 0.25) is 0 Å². The molecule has 110 valence electrons. The quantitative estimate of drug-likeness (QED) is 0.446. The van der Waals surface area contributed by atoms with Crippen molar-refractivity contribution in [1.29, 1.82) is 0 Å². The third-order valence-corrected chi connectivity index (χ3v) is 2.71. The first-order valence-electron chi connectivity index (χ1n) is 6.10. The van der Waals surface area contributed by atoms with Gasteiger partial charge in [-0.25, -0.2) is 4.98 Å². The number of phenols is 1. The highest BCUT2D eigenvalue weighted by atomic mass is 16.6. The Balaban J connectivity index is 2.29. The van der Waals surface area contributed by atoms with E-state index < -0.39 is 22.3 Å². The van der Waals surface area contributed by atoms with Crippen LogP contribution in [0.1, 0.15) is 36.2 Å². The SMILES string of the molecule is CC(C)c1nc(C(=O)Nc2c(O)cccc2[N+](=O)[O-])n[nH]1. The van der Waals surface area contributed by atoms with E-state index in [1.807, 2.05) is 13.8 Å². The molecule has 0 bridgehead atoms. The molecule has 3 N–H and O–H groups in total. The van der Waals surface area contributed by atoms with Crippen molar-refractivity contribution in [2.75, 3.05) is 5.32 Å². The summed E-state index contributed by atoms with van der Waals surface area (Å²) in [6.07, 6.45) is 0. The fourth-order valence-electron chi connectivity index (χ4n) is 1.61. The number of H-pyrrole nitrogens is 1. The highest BCUT2D eigenvalue weighted by Gasteiger charge is 2.22. The van der Waals surface area contributed by atoms with Crippen molar-refractivity contribution in [1.82, 2.24) is 15.2 Å². The van der Waals surface area contributed by atoms with Crippen LogP contribution in [0.3, 0.4) is 0 Å². The molecular formula is C12H13N5O4. The van der Waals surface area contributed by atoms with Crippen LogP contribution in [0, 0.1) is 10.1 Å². The van der Waals surface area contributed by atoms with Crippen LogP contribution in [-0.2, 0) is 0 Å². The van der Waals surface area contributed by atoms with Crippen LogP contribution in [0.15, 0.2) is 18.2 Å². The number of amides is 1. The first-order chi connectivity index (χ1) is 9.90. The minimum absolute atomic E-state index is 0.0542. The number of aromatic amines is 1. The summed E-state index contributed by atoms with van der Waals surface area (Å²) in [7, 11) is 0. The summed E-state index contributed by atoms with van der Waals surface area (Å²) >= 11 is 0. The Morgan fingerprint density at radius 2 is 2.19 bits per heavy atom. The Morgan fingerprint density at radius 1 is 1.48 bits per heavy atom. The second-order valence-electron chi connectivity index (χ2n) is 4.58. The summed E-state index contributed by atoms with van der Waals surface area (Å²) in [5.41, 5.74) is -0.702. The topological polar surface area (TPSA) is 134 Å². The molecule has 9 heteroatoms. The number of hydrogen-bond acceptors (Lipinski definition) is 6.